The summed E-state index contributed by atoms with van der Waals surface area (Å²) in [6, 6.07) is 6.02. The topological polar surface area (TPSA) is 38.3 Å². The number of para-hydroxylation sites is 1. The molecule has 3 heteroatoms. The molecular formula is C17H25NO2. The van der Waals surface area contributed by atoms with Crippen LogP contribution >= 0.6 is 0 Å². The SMILES string of the molecule is COc1c(C)cccc1C(=O)NC1CCCCCCC1. The number of aryl methyl sites for hydroxylation is 1. The van der Waals surface area contributed by atoms with Gasteiger partial charge in [0, 0.05) is 6.04 Å². The van der Waals surface area contributed by atoms with Crippen LogP contribution in [0.1, 0.15) is 60.9 Å². The minimum absolute atomic E-state index is 0.00359. The molecule has 1 aromatic carbocycles. The van der Waals surface area contributed by atoms with Crippen LogP contribution in [0, 0.1) is 6.92 Å². The molecule has 0 unspecified atom stereocenters. The van der Waals surface area contributed by atoms with E-state index >= 15 is 0 Å². The lowest BCUT2D eigenvalue weighted by Gasteiger charge is -2.21. The minimum Gasteiger partial charge on any atom is -0.496 e. The third-order valence-electron chi connectivity index (χ3n) is 4.10. The first kappa shape index (κ1) is 14.9. The zero-order valence-corrected chi connectivity index (χ0v) is 12.6. The first-order valence-corrected chi connectivity index (χ1v) is 7.67. The average Bonchev–Trinajstić information content (AvgIpc) is 2.41. The molecular weight excluding hydrogens is 250 g/mol. The third kappa shape index (κ3) is 3.75. The number of ether oxygens (including phenoxy) is 1. The molecule has 0 aliphatic heterocycles. The van der Waals surface area contributed by atoms with Crippen LogP contribution in [0.4, 0.5) is 0 Å². The van der Waals surface area contributed by atoms with Gasteiger partial charge in [0.2, 0.25) is 0 Å². The van der Waals surface area contributed by atoms with Crippen molar-refractivity contribution in [3.05, 3.63) is 29.3 Å². The highest BCUT2D eigenvalue weighted by molar-refractivity contribution is 5.97. The highest BCUT2D eigenvalue weighted by atomic mass is 16.5. The Morgan fingerprint density at radius 1 is 1.15 bits per heavy atom. The fourth-order valence-electron chi connectivity index (χ4n) is 2.97. The van der Waals surface area contributed by atoms with Gasteiger partial charge in [-0.1, -0.05) is 44.2 Å². The van der Waals surface area contributed by atoms with Crippen molar-refractivity contribution in [2.75, 3.05) is 7.11 Å². The lowest BCUT2D eigenvalue weighted by Crippen LogP contribution is -2.35. The molecule has 3 nitrogen and oxygen atoms in total. The van der Waals surface area contributed by atoms with Gasteiger partial charge in [-0.15, -0.1) is 0 Å². The van der Waals surface area contributed by atoms with E-state index in [1.165, 1.54) is 32.1 Å². The zero-order valence-electron chi connectivity index (χ0n) is 12.6. The molecule has 1 amide bonds. The second kappa shape index (κ2) is 7.32. The maximum Gasteiger partial charge on any atom is 0.255 e. The van der Waals surface area contributed by atoms with Crippen molar-refractivity contribution in [3.8, 4) is 5.75 Å². The maximum atomic E-state index is 12.5. The van der Waals surface area contributed by atoms with Crippen LogP contribution in [0.2, 0.25) is 0 Å². The number of rotatable bonds is 3. The van der Waals surface area contributed by atoms with Crippen LogP contribution in [0.15, 0.2) is 18.2 Å². The van der Waals surface area contributed by atoms with Crippen LogP contribution in [0.25, 0.3) is 0 Å². The predicted molar refractivity (Wildman–Crippen MR) is 81.3 cm³/mol. The van der Waals surface area contributed by atoms with Gasteiger partial charge in [0.1, 0.15) is 5.75 Å². The summed E-state index contributed by atoms with van der Waals surface area (Å²) in [6.07, 6.45) is 8.55. The minimum atomic E-state index is -0.00359. The molecule has 2 rings (SSSR count). The van der Waals surface area contributed by atoms with Crippen LogP contribution < -0.4 is 10.1 Å². The van der Waals surface area contributed by atoms with E-state index in [1.807, 2.05) is 25.1 Å². The van der Waals surface area contributed by atoms with Crippen molar-refractivity contribution in [3.63, 3.8) is 0 Å². The Labute approximate surface area is 121 Å². The van der Waals surface area contributed by atoms with E-state index in [0.717, 1.165) is 18.4 Å². The quantitative estimate of drug-likeness (QED) is 0.910. The summed E-state index contributed by atoms with van der Waals surface area (Å²) in [6.45, 7) is 1.96. The normalized spacial score (nSPS) is 17.1. The van der Waals surface area contributed by atoms with Crippen molar-refractivity contribution in [1.82, 2.24) is 5.32 Å². The van der Waals surface area contributed by atoms with E-state index in [0.29, 0.717) is 17.4 Å². The molecule has 0 saturated heterocycles. The van der Waals surface area contributed by atoms with Gasteiger partial charge in [0.15, 0.2) is 0 Å². The number of hydrogen-bond acceptors (Lipinski definition) is 2. The Hall–Kier alpha value is -1.51. The largest absolute Gasteiger partial charge is 0.496 e. The van der Waals surface area contributed by atoms with Crippen LogP contribution in [0.3, 0.4) is 0 Å². The molecule has 110 valence electrons. The van der Waals surface area contributed by atoms with Gasteiger partial charge >= 0.3 is 0 Å². The number of nitrogens with one attached hydrogen (secondary N) is 1. The summed E-state index contributed by atoms with van der Waals surface area (Å²) < 4.78 is 5.37. The second-order valence-corrected chi connectivity index (χ2v) is 5.67. The molecule has 1 fully saturated rings. The van der Waals surface area contributed by atoms with Gasteiger partial charge in [-0.05, 0) is 31.4 Å². The van der Waals surface area contributed by atoms with Crippen molar-refractivity contribution >= 4 is 5.91 Å². The number of carbonyl (C=O) groups excluding carboxylic acids is 1. The molecule has 1 saturated carbocycles. The predicted octanol–water partition coefficient (Wildman–Crippen LogP) is 3.85. The number of benzene rings is 1. The first-order valence-electron chi connectivity index (χ1n) is 7.67. The van der Waals surface area contributed by atoms with Crippen molar-refractivity contribution < 1.29 is 9.53 Å². The standard InChI is InChI=1S/C17H25NO2/c1-13-9-8-12-15(16(13)20-2)17(19)18-14-10-6-4-3-5-7-11-14/h8-9,12,14H,3-7,10-11H2,1-2H3,(H,18,19). The summed E-state index contributed by atoms with van der Waals surface area (Å²) in [7, 11) is 1.62. The summed E-state index contributed by atoms with van der Waals surface area (Å²) in [4.78, 5) is 12.5. The Morgan fingerprint density at radius 2 is 1.80 bits per heavy atom. The molecule has 1 N–H and O–H groups in total. The third-order valence-corrected chi connectivity index (χ3v) is 4.10. The molecule has 0 radical (unpaired) electrons. The monoisotopic (exact) mass is 275 g/mol. The smallest absolute Gasteiger partial charge is 0.255 e. The van der Waals surface area contributed by atoms with Gasteiger partial charge < -0.3 is 10.1 Å². The second-order valence-electron chi connectivity index (χ2n) is 5.67. The van der Waals surface area contributed by atoms with E-state index in [1.54, 1.807) is 7.11 Å². The number of carbonyl (C=O) groups is 1. The van der Waals surface area contributed by atoms with E-state index in [2.05, 4.69) is 5.32 Å². The Bertz CT molecular complexity index is 448. The van der Waals surface area contributed by atoms with Crippen LogP contribution in [0.5, 0.6) is 5.75 Å². The molecule has 0 aromatic heterocycles. The molecule has 0 bridgehead atoms. The first-order chi connectivity index (χ1) is 9.72. The van der Waals surface area contributed by atoms with Gasteiger partial charge in [-0.25, -0.2) is 0 Å². The summed E-state index contributed by atoms with van der Waals surface area (Å²) >= 11 is 0. The van der Waals surface area contributed by atoms with Gasteiger partial charge in [-0.3, -0.25) is 4.79 Å². The van der Waals surface area contributed by atoms with E-state index < -0.39 is 0 Å². The lowest BCUT2D eigenvalue weighted by molar-refractivity contribution is 0.0927. The fraction of sp³-hybridized carbons (Fsp3) is 0.588. The molecule has 1 aliphatic rings. The number of methoxy groups -OCH3 is 1. The highest BCUT2D eigenvalue weighted by Crippen LogP contribution is 2.24. The van der Waals surface area contributed by atoms with Crippen molar-refractivity contribution in [1.29, 1.82) is 0 Å². The lowest BCUT2D eigenvalue weighted by atomic mass is 9.96. The van der Waals surface area contributed by atoms with Gasteiger partial charge in [0.05, 0.1) is 12.7 Å². The molecule has 20 heavy (non-hydrogen) atoms. The summed E-state index contributed by atoms with van der Waals surface area (Å²) in [5.41, 5.74) is 1.65. The van der Waals surface area contributed by atoms with Crippen molar-refractivity contribution in [2.24, 2.45) is 0 Å². The number of hydrogen-bond donors (Lipinski definition) is 1. The van der Waals surface area contributed by atoms with Crippen LogP contribution in [-0.2, 0) is 0 Å². The van der Waals surface area contributed by atoms with E-state index in [9.17, 15) is 4.79 Å². The molecule has 0 heterocycles. The average molecular weight is 275 g/mol. The van der Waals surface area contributed by atoms with Gasteiger partial charge in [-0.2, -0.15) is 0 Å². The van der Waals surface area contributed by atoms with Gasteiger partial charge in [0.25, 0.3) is 5.91 Å². The van der Waals surface area contributed by atoms with E-state index in [-0.39, 0.29) is 5.91 Å². The van der Waals surface area contributed by atoms with Crippen LogP contribution in [-0.4, -0.2) is 19.1 Å². The fourth-order valence-corrected chi connectivity index (χ4v) is 2.97. The highest BCUT2D eigenvalue weighted by Gasteiger charge is 2.18. The molecule has 1 aromatic rings. The van der Waals surface area contributed by atoms with E-state index in [4.69, 9.17) is 4.74 Å². The summed E-state index contributed by atoms with van der Waals surface area (Å²) in [5, 5.41) is 3.19. The Kier molecular flexibility index (Phi) is 5.45. The Morgan fingerprint density at radius 3 is 2.45 bits per heavy atom. The zero-order chi connectivity index (χ0) is 14.4. The molecule has 1 aliphatic carbocycles. The van der Waals surface area contributed by atoms with Crippen molar-refractivity contribution in [2.45, 2.75) is 57.9 Å². The molecule has 0 spiro atoms. The summed E-state index contributed by atoms with van der Waals surface area (Å²) in [5.74, 6) is 0.687. The number of amides is 1. The molecule has 0 atom stereocenters. The maximum absolute atomic E-state index is 12.5. The Balaban J connectivity index is 2.05.